The number of carbonyl (C=O) groups excluding carboxylic acids is 4. The van der Waals surface area contributed by atoms with Crippen molar-refractivity contribution in [1.29, 1.82) is 0 Å². The number of hydrazone groups is 1. The van der Waals surface area contributed by atoms with Crippen LogP contribution in [-0.4, -0.2) is 71.5 Å². The molecule has 1 aromatic heterocycles. The van der Waals surface area contributed by atoms with Gasteiger partial charge >= 0.3 is 12.1 Å². The summed E-state index contributed by atoms with van der Waals surface area (Å²) in [6, 6.07) is 8.46. The van der Waals surface area contributed by atoms with Crippen molar-refractivity contribution in [3.8, 4) is 0 Å². The number of pyridine rings is 1. The molecule has 222 valence electrons. The summed E-state index contributed by atoms with van der Waals surface area (Å²) in [4.78, 5) is 61.8. The third kappa shape index (κ3) is 6.10. The molecule has 1 unspecified atom stereocenters. The zero-order chi connectivity index (χ0) is 30.1. The van der Waals surface area contributed by atoms with Crippen LogP contribution in [0.3, 0.4) is 0 Å². The maximum Gasteiger partial charge on any atom is 0.423 e. The van der Waals surface area contributed by atoms with Crippen LogP contribution in [0.15, 0.2) is 64.1 Å². The summed E-state index contributed by atoms with van der Waals surface area (Å²) in [6.07, 6.45) is 7.03. The highest BCUT2D eigenvalue weighted by Gasteiger charge is 2.42. The molecular weight excluding hydrogens is 554 g/mol. The average Bonchev–Trinajstić information content (AvgIpc) is 3.95. The summed E-state index contributed by atoms with van der Waals surface area (Å²) in [7, 11) is 0. The highest BCUT2D eigenvalue weighted by atomic mass is 16.7. The SMILES string of the molecule is CC1=C2C(N(C(=O)OCOC(=O)c3cccnc3)c3cc(C(=O)NC4CC4)ccc3C)=NC=NN2CC1C(=O)NC1CC1. The molecule has 2 fully saturated rings. The number of nitrogens with zero attached hydrogens (tertiary/aromatic N) is 5. The number of ether oxygens (including phenoxy) is 2. The quantitative estimate of drug-likeness (QED) is 0.354. The Morgan fingerprint density at radius 3 is 2.49 bits per heavy atom. The standard InChI is InChI=1S/C30H31N7O6/c1-17-5-6-19(27(38)34-21-7-8-21)12-24(17)37(30(41)43-16-42-29(40)20-4-3-11-31-13-20)26-25-18(2)23(14-36(25)33-15-32-26)28(39)35-22-9-10-22/h3-6,11-13,15,21-23H,7-10,14,16H2,1-2H3,(H,34,38)(H,35,39). The highest BCUT2D eigenvalue weighted by molar-refractivity contribution is 6.24. The summed E-state index contributed by atoms with van der Waals surface area (Å²) in [5.41, 5.74) is 2.72. The van der Waals surface area contributed by atoms with Gasteiger partial charge in [-0.15, -0.1) is 0 Å². The van der Waals surface area contributed by atoms with Gasteiger partial charge in [-0.05, 0) is 74.9 Å². The van der Waals surface area contributed by atoms with E-state index in [0.717, 1.165) is 25.7 Å². The fourth-order valence-electron chi connectivity index (χ4n) is 4.89. The lowest BCUT2D eigenvalue weighted by Gasteiger charge is -2.30. The Hall–Kier alpha value is -5.07. The van der Waals surface area contributed by atoms with Crippen molar-refractivity contribution >= 4 is 41.7 Å². The van der Waals surface area contributed by atoms with Gasteiger partial charge in [0.05, 0.1) is 23.7 Å². The molecule has 2 aliphatic heterocycles. The molecule has 0 saturated heterocycles. The van der Waals surface area contributed by atoms with Gasteiger partial charge in [0.1, 0.15) is 12.0 Å². The van der Waals surface area contributed by atoms with Gasteiger partial charge in [0.15, 0.2) is 5.84 Å². The van der Waals surface area contributed by atoms with Gasteiger partial charge in [0.2, 0.25) is 12.7 Å². The van der Waals surface area contributed by atoms with Crippen molar-refractivity contribution in [2.45, 2.75) is 51.6 Å². The van der Waals surface area contributed by atoms with E-state index >= 15 is 0 Å². The molecule has 3 heterocycles. The number of nitrogens with one attached hydrogen (secondary N) is 2. The number of aromatic nitrogens is 1. The van der Waals surface area contributed by atoms with Gasteiger partial charge in [0.25, 0.3) is 5.91 Å². The van der Waals surface area contributed by atoms with E-state index in [1.54, 1.807) is 36.2 Å². The topological polar surface area (TPSA) is 155 Å². The first-order valence-electron chi connectivity index (χ1n) is 14.1. The number of hydrogen-bond donors (Lipinski definition) is 2. The minimum atomic E-state index is -0.901. The number of esters is 1. The lowest BCUT2D eigenvalue weighted by Crippen LogP contribution is -2.43. The number of aryl methyl sites for hydroxylation is 1. The van der Waals surface area contributed by atoms with Gasteiger partial charge in [-0.3, -0.25) is 19.6 Å². The van der Waals surface area contributed by atoms with Crippen molar-refractivity contribution < 1.29 is 28.7 Å². The second-order valence-corrected chi connectivity index (χ2v) is 10.9. The summed E-state index contributed by atoms with van der Waals surface area (Å²) in [6.45, 7) is 3.20. The number of aliphatic imine (C=N–C) groups is 1. The number of amidine groups is 1. The molecule has 2 saturated carbocycles. The third-order valence-corrected chi connectivity index (χ3v) is 7.62. The zero-order valence-electron chi connectivity index (χ0n) is 23.8. The first-order valence-corrected chi connectivity index (χ1v) is 14.1. The van der Waals surface area contributed by atoms with Crippen LogP contribution in [-0.2, 0) is 14.3 Å². The number of amides is 3. The summed E-state index contributed by atoms with van der Waals surface area (Å²) in [5.74, 6) is -1.41. The third-order valence-electron chi connectivity index (χ3n) is 7.62. The molecule has 0 bridgehead atoms. The van der Waals surface area contributed by atoms with Crippen molar-refractivity contribution in [3.63, 3.8) is 0 Å². The minimum Gasteiger partial charge on any atom is -0.424 e. The van der Waals surface area contributed by atoms with Crippen LogP contribution in [0.2, 0.25) is 0 Å². The Labute approximate surface area is 247 Å². The zero-order valence-corrected chi connectivity index (χ0v) is 23.8. The molecule has 2 aliphatic carbocycles. The van der Waals surface area contributed by atoms with E-state index in [0.29, 0.717) is 28.1 Å². The molecule has 6 rings (SSSR count). The predicted octanol–water partition coefficient (Wildman–Crippen LogP) is 2.88. The second-order valence-electron chi connectivity index (χ2n) is 10.9. The second kappa shape index (κ2) is 11.7. The van der Waals surface area contributed by atoms with Crippen LogP contribution < -0.4 is 15.5 Å². The number of carbonyl (C=O) groups is 4. The number of benzene rings is 1. The average molecular weight is 586 g/mol. The Kier molecular flexibility index (Phi) is 7.61. The largest absolute Gasteiger partial charge is 0.424 e. The molecule has 0 radical (unpaired) electrons. The Bertz CT molecular complexity index is 1560. The summed E-state index contributed by atoms with van der Waals surface area (Å²) < 4.78 is 10.6. The first kappa shape index (κ1) is 28.1. The van der Waals surface area contributed by atoms with E-state index in [1.807, 2.05) is 6.92 Å². The van der Waals surface area contributed by atoms with Crippen LogP contribution in [0, 0.1) is 12.8 Å². The molecule has 0 spiro atoms. The molecule has 13 nitrogen and oxygen atoms in total. The number of hydrogen-bond acceptors (Lipinski definition) is 10. The lowest BCUT2D eigenvalue weighted by atomic mass is 10.0. The molecule has 1 aromatic carbocycles. The molecule has 1 atom stereocenters. The van der Waals surface area contributed by atoms with Crippen LogP contribution in [0.1, 0.15) is 58.9 Å². The minimum absolute atomic E-state index is 0.109. The maximum atomic E-state index is 13.8. The van der Waals surface area contributed by atoms with E-state index in [2.05, 4.69) is 25.7 Å². The molecule has 2 N–H and O–H groups in total. The van der Waals surface area contributed by atoms with Crippen LogP contribution in [0.5, 0.6) is 0 Å². The number of anilines is 1. The van der Waals surface area contributed by atoms with Crippen molar-refractivity contribution in [2.75, 3.05) is 18.2 Å². The van der Waals surface area contributed by atoms with Gasteiger partial charge in [-0.2, -0.15) is 5.10 Å². The van der Waals surface area contributed by atoms with E-state index in [4.69, 9.17) is 9.47 Å². The predicted molar refractivity (Wildman–Crippen MR) is 155 cm³/mol. The van der Waals surface area contributed by atoms with E-state index in [1.165, 1.54) is 29.7 Å². The highest BCUT2D eigenvalue weighted by Crippen LogP contribution is 2.35. The Morgan fingerprint density at radius 2 is 1.77 bits per heavy atom. The molecule has 43 heavy (non-hydrogen) atoms. The Balaban J connectivity index is 1.31. The van der Waals surface area contributed by atoms with Gasteiger partial charge < -0.3 is 20.1 Å². The molecule has 13 heteroatoms. The van der Waals surface area contributed by atoms with Gasteiger partial charge in [-0.25, -0.2) is 19.5 Å². The molecule has 4 aliphatic rings. The molecular formula is C30H31N7O6. The summed E-state index contributed by atoms with van der Waals surface area (Å²) >= 11 is 0. The van der Waals surface area contributed by atoms with Crippen LogP contribution in [0.4, 0.5) is 10.5 Å². The van der Waals surface area contributed by atoms with Crippen molar-refractivity contribution in [1.82, 2.24) is 20.6 Å². The van der Waals surface area contributed by atoms with Crippen LogP contribution in [0.25, 0.3) is 0 Å². The summed E-state index contributed by atoms with van der Waals surface area (Å²) in [5, 5.41) is 12.0. The van der Waals surface area contributed by atoms with Crippen molar-refractivity contribution in [2.24, 2.45) is 16.0 Å². The number of rotatable bonds is 8. The monoisotopic (exact) mass is 585 g/mol. The maximum absolute atomic E-state index is 13.8. The Morgan fingerprint density at radius 1 is 1.00 bits per heavy atom. The van der Waals surface area contributed by atoms with Gasteiger partial charge in [0, 0.05) is 30.0 Å². The van der Waals surface area contributed by atoms with Gasteiger partial charge in [-0.1, -0.05) is 6.07 Å². The smallest absolute Gasteiger partial charge is 0.423 e. The lowest BCUT2D eigenvalue weighted by molar-refractivity contribution is -0.124. The van der Waals surface area contributed by atoms with Crippen LogP contribution >= 0.6 is 0 Å². The normalized spacial score (nSPS) is 18.9. The van der Waals surface area contributed by atoms with Crippen molar-refractivity contribution in [3.05, 3.63) is 70.7 Å². The fraction of sp³-hybridized carbons (Fsp3) is 0.367. The number of fused-ring (bicyclic) bond motifs is 1. The fourth-order valence-corrected chi connectivity index (χ4v) is 4.89. The van der Waals surface area contributed by atoms with E-state index in [-0.39, 0.29) is 41.8 Å². The van der Waals surface area contributed by atoms with E-state index < -0.39 is 24.8 Å². The first-order chi connectivity index (χ1) is 20.8. The van der Waals surface area contributed by atoms with E-state index in [9.17, 15) is 19.2 Å². The molecule has 2 aromatic rings. The molecule has 3 amide bonds.